The lowest BCUT2D eigenvalue weighted by Crippen LogP contribution is -2.18. The average molecular weight is 631 g/mol. The molecule has 1 aromatic heterocycles. The van der Waals surface area contributed by atoms with E-state index in [4.69, 9.17) is 11.6 Å². The third kappa shape index (κ3) is 7.27. The van der Waals surface area contributed by atoms with E-state index in [1.165, 1.54) is 24.3 Å². The first-order valence-corrected chi connectivity index (χ1v) is 15.7. The highest BCUT2D eigenvalue weighted by atomic mass is 35.5. The molecule has 0 aliphatic heterocycles. The molecule has 0 fully saturated rings. The molecular formula is C26H22ClF3N2O5S3. The van der Waals surface area contributed by atoms with Gasteiger partial charge < -0.3 is 4.74 Å². The van der Waals surface area contributed by atoms with Gasteiger partial charge in [-0.2, -0.15) is 0 Å². The second-order valence-corrected chi connectivity index (χ2v) is 14.1. The summed E-state index contributed by atoms with van der Waals surface area (Å²) in [4.78, 5) is -0.368. The van der Waals surface area contributed by atoms with Gasteiger partial charge in [0.15, 0.2) is 0 Å². The standard InChI is InChI=1S/C26H22ClF3N2O5S3/c1-16(2)17-4-3-5-18(14-17)19-6-11-22(31-40(35,36)25-13-12-24(27)38-25)23(15-19)32-39(33,34)21-9-7-20(8-10-21)37-26(28,29)30/h3-16,31-32H,1-2H3. The van der Waals surface area contributed by atoms with E-state index in [-0.39, 0.29) is 30.7 Å². The highest BCUT2D eigenvalue weighted by Gasteiger charge is 2.31. The van der Waals surface area contributed by atoms with Crippen LogP contribution in [0.15, 0.2) is 88.0 Å². The smallest absolute Gasteiger partial charge is 0.406 e. The van der Waals surface area contributed by atoms with Crippen molar-refractivity contribution in [2.24, 2.45) is 0 Å². The zero-order chi connectivity index (χ0) is 29.3. The van der Waals surface area contributed by atoms with Crippen molar-refractivity contribution in [3.8, 4) is 16.9 Å². The van der Waals surface area contributed by atoms with Crippen LogP contribution in [-0.4, -0.2) is 23.2 Å². The molecule has 0 unspecified atom stereocenters. The van der Waals surface area contributed by atoms with Crippen LogP contribution in [0.5, 0.6) is 5.75 Å². The maximum absolute atomic E-state index is 13.2. The van der Waals surface area contributed by atoms with E-state index in [0.29, 0.717) is 5.56 Å². The molecule has 40 heavy (non-hydrogen) atoms. The fourth-order valence-electron chi connectivity index (χ4n) is 3.64. The first-order chi connectivity index (χ1) is 18.6. The molecule has 0 aliphatic rings. The van der Waals surface area contributed by atoms with Crippen LogP contribution >= 0.6 is 22.9 Å². The molecule has 0 saturated heterocycles. The van der Waals surface area contributed by atoms with Gasteiger partial charge in [-0.05, 0) is 71.1 Å². The molecule has 0 saturated carbocycles. The van der Waals surface area contributed by atoms with Gasteiger partial charge in [-0.15, -0.1) is 24.5 Å². The SMILES string of the molecule is CC(C)c1cccc(-c2ccc(NS(=O)(=O)c3ccc(Cl)s3)c(NS(=O)(=O)c3ccc(OC(F)(F)F)cc3)c2)c1. The van der Waals surface area contributed by atoms with E-state index < -0.39 is 32.2 Å². The van der Waals surface area contributed by atoms with Crippen molar-refractivity contribution in [3.05, 3.63) is 88.8 Å². The number of ether oxygens (including phenoxy) is 1. The Bertz CT molecular complexity index is 1740. The minimum absolute atomic E-state index is 0.0751. The van der Waals surface area contributed by atoms with Gasteiger partial charge in [-0.25, -0.2) is 16.8 Å². The molecule has 0 atom stereocenters. The van der Waals surface area contributed by atoms with Crippen molar-refractivity contribution in [1.82, 2.24) is 0 Å². The zero-order valence-corrected chi connectivity index (χ0v) is 24.1. The zero-order valence-electron chi connectivity index (χ0n) is 20.9. The van der Waals surface area contributed by atoms with Crippen molar-refractivity contribution in [2.45, 2.75) is 35.2 Å². The van der Waals surface area contributed by atoms with Crippen LogP contribution < -0.4 is 14.2 Å². The Morgan fingerprint density at radius 1 is 0.800 bits per heavy atom. The minimum Gasteiger partial charge on any atom is -0.406 e. The fourth-order valence-corrected chi connectivity index (χ4v) is 7.27. The summed E-state index contributed by atoms with van der Waals surface area (Å²) in [5.74, 6) is -0.368. The van der Waals surface area contributed by atoms with Crippen molar-refractivity contribution in [2.75, 3.05) is 9.44 Å². The number of hydrogen-bond acceptors (Lipinski definition) is 6. The Morgan fingerprint density at radius 3 is 2.05 bits per heavy atom. The van der Waals surface area contributed by atoms with E-state index in [0.717, 1.165) is 46.7 Å². The molecule has 3 aromatic carbocycles. The molecule has 4 aromatic rings. The number of hydrogen-bond donors (Lipinski definition) is 2. The van der Waals surface area contributed by atoms with Crippen LogP contribution in [0.3, 0.4) is 0 Å². The number of alkyl halides is 3. The maximum atomic E-state index is 13.2. The van der Waals surface area contributed by atoms with Crippen molar-refractivity contribution >= 4 is 54.4 Å². The molecule has 7 nitrogen and oxygen atoms in total. The van der Waals surface area contributed by atoms with Crippen LogP contribution in [0, 0.1) is 0 Å². The highest BCUT2D eigenvalue weighted by molar-refractivity contribution is 7.94. The lowest BCUT2D eigenvalue weighted by atomic mass is 9.97. The Kier molecular flexibility index (Phi) is 8.41. The van der Waals surface area contributed by atoms with Gasteiger partial charge in [0.05, 0.1) is 20.6 Å². The van der Waals surface area contributed by atoms with Crippen LogP contribution in [0.2, 0.25) is 4.34 Å². The van der Waals surface area contributed by atoms with Gasteiger partial charge in [0, 0.05) is 0 Å². The van der Waals surface area contributed by atoms with E-state index in [1.807, 2.05) is 38.1 Å². The molecule has 0 aliphatic carbocycles. The number of anilines is 2. The Morgan fingerprint density at radius 2 is 1.45 bits per heavy atom. The van der Waals surface area contributed by atoms with Gasteiger partial charge in [0.25, 0.3) is 20.0 Å². The molecule has 1 heterocycles. The van der Waals surface area contributed by atoms with Crippen LogP contribution in [0.1, 0.15) is 25.3 Å². The van der Waals surface area contributed by atoms with E-state index in [1.54, 1.807) is 6.07 Å². The summed E-state index contributed by atoms with van der Waals surface area (Å²) in [6.07, 6.45) is -4.94. The van der Waals surface area contributed by atoms with Crippen molar-refractivity contribution in [3.63, 3.8) is 0 Å². The number of benzene rings is 3. The van der Waals surface area contributed by atoms with Crippen molar-refractivity contribution in [1.29, 1.82) is 0 Å². The molecule has 14 heteroatoms. The average Bonchev–Trinajstić information content (AvgIpc) is 3.31. The summed E-state index contributed by atoms with van der Waals surface area (Å²) in [7, 11) is -8.50. The third-order valence-corrected chi connectivity index (χ3v) is 10.0. The quantitative estimate of drug-likeness (QED) is 0.197. The number of halogens is 4. The second-order valence-electron chi connectivity index (χ2n) is 8.83. The molecular weight excluding hydrogens is 609 g/mol. The molecule has 0 radical (unpaired) electrons. The highest BCUT2D eigenvalue weighted by Crippen LogP contribution is 2.35. The summed E-state index contributed by atoms with van der Waals surface area (Å²) in [6, 6.07) is 18.4. The number of nitrogens with one attached hydrogen (secondary N) is 2. The first-order valence-electron chi connectivity index (χ1n) is 11.5. The van der Waals surface area contributed by atoms with Gasteiger partial charge in [-0.1, -0.05) is 55.8 Å². The Hall–Kier alpha value is -3.26. The first kappa shape index (κ1) is 29.7. The Labute approximate surface area is 238 Å². The molecule has 2 N–H and O–H groups in total. The summed E-state index contributed by atoms with van der Waals surface area (Å²) in [6.45, 7) is 4.05. The number of sulfonamides is 2. The van der Waals surface area contributed by atoms with E-state index >= 15 is 0 Å². The van der Waals surface area contributed by atoms with Gasteiger partial charge in [0.2, 0.25) is 0 Å². The van der Waals surface area contributed by atoms with E-state index in [2.05, 4.69) is 14.2 Å². The summed E-state index contributed by atoms with van der Waals surface area (Å²) in [5.41, 5.74) is 2.22. The summed E-state index contributed by atoms with van der Waals surface area (Å²) >= 11 is 6.71. The largest absolute Gasteiger partial charge is 0.573 e. The molecule has 0 spiro atoms. The molecule has 0 amide bonds. The second kappa shape index (κ2) is 11.3. The van der Waals surface area contributed by atoms with Gasteiger partial charge in [0.1, 0.15) is 9.96 Å². The third-order valence-electron chi connectivity index (χ3n) is 5.58. The van der Waals surface area contributed by atoms with Crippen molar-refractivity contribution < 1.29 is 34.7 Å². The van der Waals surface area contributed by atoms with Crippen LogP contribution in [0.25, 0.3) is 11.1 Å². The normalized spacial score (nSPS) is 12.4. The predicted octanol–water partition coefficient (Wildman–Crippen LogP) is 7.69. The monoisotopic (exact) mass is 630 g/mol. The number of rotatable bonds is 9. The van der Waals surface area contributed by atoms with Crippen LogP contribution in [0.4, 0.5) is 24.5 Å². The van der Waals surface area contributed by atoms with Crippen LogP contribution in [-0.2, 0) is 20.0 Å². The molecule has 4 rings (SSSR count). The number of thiophene rings is 1. The lowest BCUT2D eigenvalue weighted by molar-refractivity contribution is -0.274. The predicted molar refractivity (Wildman–Crippen MR) is 150 cm³/mol. The fraction of sp³-hybridized carbons (Fsp3) is 0.154. The lowest BCUT2D eigenvalue weighted by Gasteiger charge is -2.17. The molecule has 0 bridgehead atoms. The van der Waals surface area contributed by atoms with E-state index in [9.17, 15) is 30.0 Å². The topological polar surface area (TPSA) is 102 Å². The Balaban J connectivity index is 1.74. The summed E-state index contributed by atoms with van der Waals surface area (Å²) < 4.78 is 98.6. The minimum atomic E-state index is -4.94. The summed E-state index contributed by atoms with van der Waals surface area (Å²) in [5, 5.41) is 0. The maximum Gasteiger partial charge on any atom is 0.573 e. The van der Waals surface area contributed by atoms with Gasteiger partial charge in [-0.3, -0.25) is 9.44 Å². The molecule has 212 valence electrons. The van der Waals surface area contributed by atoms with Gasteiger partial charge >= 0.3 is 6.36 Å².